The number of phenols is 3. The van der Waals surface area contributed by atoms with Gasteiger partial charge in [-0.15, -0.1) is 0 Å². The van der Waals surface area contributed by atoms with Crippen molar-refractivity contribution in [2.24, 2.45) is 0 Å². The summed E-state index contributed by atoms with van der Waals surface area (Å²) in [5, 5.41) is 29.4. The van der Waals surface area contributed by atoms with E-state index in [1.54, 1.807) is 91.8 Å². The summed E-state index contributed by atoms with van der Waals surface area (Å²) in [6.45, 7) is 10.2. The van der Waals surface area contributed by atoms with Crippen molar-refractivity contribution < 1.29 is 102 Å². The van der Waals surface area contributed by atoms with E-state index in [1.165, 1.54) is 78.7 Å². The lowest BCUT2D eigenvalue weighted by atomic mass is 10.0. The van der Waals surface area contributed by atoms with Crippen LogP contribution >= 0.6 is 0 Å². The molecule has 0 saturated carbocycles. The van der Waals surface area contributed by atoms with E-state index in [4.69, 9.17) is 19.2 Å². The molecule has 22 nitrogen and oxygen atoms in total. The van der Waals surface area contributed by atoms with Gasteiger partial charge < -0.3 is 29.7 Å². The van der Waals surface area contributed by atoms with Crippen LogP contribution in [-0.2, 0) is 109 Å². The number of rotatable bonds is 18. The highest BCUT2D eigenvalue weighted by molar-refractivity contribution is 6.38. The third-order valence-corrected chi connectivity index (χ3v) is 16.7. The van der Waals surface area contributed by atoms with E-state index in [2.05, 4.69) is 68.7 Å². The fourth-order valence-electron chi connectivity index (χ4n) is 9.85. The minimum absolute atomic E-state index is 0.0375. The van der Waals surface area contributed by atoms with Crippen LogP contribution in [-0.4, -0.2) is 126 Å². The second-order valence-corrected chi connectivity index (χ2v) is 26.4. The molecule has 22 heteroatoms. The maximum absolute atomic E-state index is 11.8. The number of ether oxygens (including phenoxy) is 2. The normalized spacial score (nSPS) is 9.34. The number of ketones is 10. The highest BCUT2D eigenvalue weighted by atomic mass is 16.5. The summed E-state index contributed by atoms with van der Waals surface area (Å²) < 4.78 is 9.28. The van der Waals surface area contributed by atoms with Crippen molar-refractivity contribution in [1.82, 2.24) is 0 Å². The first-order valence-corrected chi connectivity index (χ1v) is 36.8. The molecule has 0 aliphatic rings. The molecule has 0 amide bonds. The quantitative estimate of drug-likeness (QED) is 0.0408. The molecule has 0 unspecified atom stereocenters. The summed E-state index contributed by atoms with van der Waals surface area (Å²) in [4.78, 5) is 169. The number of anilines is 1. The second kappa shape index (κ2) is 51.5. The number of hydrogen-bond acceptors (Lipinski definition) is 22. The van der Waals surface area contributed by atoms with E-state index in [0.29, 0.717) is 27.9 Å². The van der Waals surface area contributed by atoms with E-state index in [-0.39, 0.29) is 84.3 Å². The summed E-state index contributed by atoms with van der Waals surface area (Å²) in [7, 11) is 6.08. The predicted octanol–water partition coefficient (Wildman–Crippen LogP) is 12.1. The van der Waals surface area contributed by atoms with Crippen LogP contribution in [0.15, 0.2) is 224 Å². The number of Topliss-reactive ketones (excluding diaryl/α,β-unsaturated/α-hetero) is 10. The molecule has 3 N–H and O–H groups in total. The van der Waals surface area contributed by atoms with Crippen LogP contribution in [0, 0.1) is 73.1 Å². The smallest absolute Gasteiger partial charge is 0.373 e. The van der Waals surface area contributed by atoms with Gasteiger partial charge in [-0.3, -0.25) is 47.9 Å². The summed E-state index contributed by atoms with van der Waals surface area (Å²) in [6, 6.07) is 66.4. The summed E-state index contributed by atoms with van der Waals surface area (Å²) in [5.41, 5.74) is 14.4. The molecule has 0 atom stereocenters. The maximum Gasteiger partial charge on any atom is 0.373 e. The third-order valence-electron chi connectivity index (χ3n) is 16.7. The number of aryl methyl sites for hydroxylation is 2. The molecule has 10 rings (SSSR count). The first-order chi connectivity index (χ1) is 58.1. The van der Waals surface area contributed by atoms with Crippen molar-refractivity contribution in [1.29, 1.82) is 0 Å². The van der Waals surface area contributed by atoms with E-state index in [9.17, 15) is 72.9 Å². The lowest BCUT2D eigenvalue weighted by Crippen LogP contribution is -2.12. The second-order valence-electron chi connectivity index (χ2n) is 26.4. The molecule has 0 aromatic heterocycles. The molecule has 0 aliphatic heterocycles. The van der Waals surface area contributed by atoms with Crippen LogP contribution in [0.4, 0.5) is 5.69 Å². The fraction of sp³-hybridized carbons (Fsp3) is 0.160. The summed E-state index contributed by atoms with van der Waals surface area (Å²) in [6.07, 6.45) is 1.06. The van der Waals surface area contributed by atoms with Gasteiger partial charge in [0.1, 0.15) is 28.4 Å². The van der Waals surface area contributed by atoms with Gasteiger partial charge in [-0.2, -0.15) is 19.2 Å². The lowest BCUT2D eigenvalue weighted by molar-refractivity contribution is -0.193. The van der Waals surface area contributed by atoms with Crippen LogP contribution in [0.5, 0.6) is 17.2 Å². The van der Waals surface area contributed by atoms with Crippen LogP contribution < -0.4 is 4.90 Å². The minimum atomic E-state index is -0.648. The number of aromatic hydroxyl groups is 3. The van der Waals surface area contributed by atoms with Gasteiger partial charge in [0.2, 0.25) is 28.9 Å². The van der Waals surface area contributed by atoms with Crippen LogP contribution in [0.3, 0.4) is 0 Å². The number of phenolic OH excluding ortho intramolecular Hbond substituents is 3. The van der Waals surface area contributed by atoms with Crippen molar-refractivity contribution in [3.8, 4) is 76.5 Å². The van der Waals surface area contributed by atoms with Gasteiger partial charge >= 0.3 is 24.2 Å². The predicted molar refractivity (Wildman–Crippen MR) is 453 cm³/mol. The highest BCUT2D eigenvalue weighted by Gasteiger charge is 2.18. The van der Waals surface area contributed by atoms with Crippen molar-refractivity contribution in [3.05, 3.63) is 330 Å². The van der Waals surface area contributed by atoms with Crippen LogP contribution in [0.2, 0.25) is 0 Å². The van der Waals surface area contributed by atoms with Crippen molar-refractivity contribution in [2.75, 3.05) is 33.2 Å². The molecular weight excluding hydrogens is 1550 g/mol. The number of methoxy groups -OCH3 is 2. The first-order valence-electron chi connectivity index (χ1n) is 36.8. The Balaban J connectivity index is 0.000000316. The highest BCUT2D eigenvalue weighted by Crippen LogP contribution is 2.29. The molecule has 122 heavy (non-hydrogen) atoms. The topological polar surface area (TPSA) is 356 Å². The number of hydrogen-bond donors (Lipinski definition) is 3. The monoisotopic (exact) mass is 1630 g/mol. The number of nitrogens with zero attached hydrogens (tertiary/aromatic N) is 1. The van der Waals surface area contributed by atoms with Crippen LogP contribution in [0.25, 0.3) is 0 Å². The molecule has 0 spiro atoms. The Bertz CT molecular complexity index is 5870. The van der Waals surface area contributed by atoms with Gasteiger partial charge in [-0.1, -0.05) is 162 Å². The van der Waals surface area contributed by atoms with Gasteiger partial charge in [-0.25, -0.2) is 9.59 Å². The summed E-state index contributed by atoms with van der Waals surface area (Å²) >= 11 is 0. The lowest BCUT2D eigenvalue weighted by Gasteiger charge is -2.16. The third kappa shape index (κ3) is 35.8. The van der Waals surface area contributed by atoms with E-state index in [0.717, 1.165) is 66.8 Å². The molecule has 10 aromatic rings. The van der Waals surface area contributed by atoms with Crippen molar-refractivity contribution >= 4 is 87.8 Å². The maximum atomic E-state index is 11.8. The SMILES string of the molecule is CC(=O)C(=O)Cc1ccc(C#Cc2ccc(C)c(O)c2)cc1.CC(=O)C(=O)Cc1ccc(C#Cc2ccc(C)cc2)cc1.CC(=O)C(=O)Cc1ccc(C#Cc2ccccc2)cc1.COC(=O)c1cc(C#Cc2ccc(CC(=O)C(C)=O)cc2)c(N(C)C)cc1O.COC(=O)c1cc(C#Cc2ccc(CC(=O)C(C)=O)cc2)ccc1O.O=C=O.O=C=O. The zero-order valence-corrected chi connectivity index (χ0v) is 68.5. The van der Waals surface area contributed by atoms with Gasteiger partial charge in [0.25, 0.3) is 0 Å². The zero-order valence-electron chi connectivity index (χ0n) is 68.5. The largest absolute Gasteiger partial charge is 0.508 e. The minimum Gasteiger partial charge on any atom is -0.508 e. The fourth-order valence-corrected chi connectivity index (χ4v) is 9.85. The average molecular weight is 1630 g/mol. The van der Waals surface area contributed by atoms with Crippen molar-refractivity contribution in [3.63, 3.8) is 0 Å². The Hall–Kier alpha value is -16.4. The van der Waals surface area contributed by atoms with E-state index >= 15 is 0 Å². The number of benzene rings is 10. The van der Waals surface area contributed by atoms with Gasteiger partial charge in [0, 0.05) is 143 Å². The summed E-state index contributed by atoms with van der Waals surface area (Å²) in [5.74, 6) is 24.5. The Morgan fingerprint density at radius 3 is 0.836 bits per heavy atom. The Labute approximate surface area is 706 Å². The van der Waals surface area contributed by atoms with E-state index in [1.807, 2.05) is 141 Å². The molecule has 0 saturated heterocycles. The van der Waals surface area contributed by atoms with Gasteiger partial charge in [0.05, 0.1) is 19.9 Å². The molecule has 0 heterocycles. The average Bonchev–Trinajstić information content (AvgIpc) is 0.813. The molecule has 0 fully saturated rings. The van der Waals surface area contributed by atoms with Crippen molar-refractivity contribution in [2.45, 2.75) is 80.6 Å². The number of esters is 2. The molecule has 0 bridgehead atoms. The zero-order chi connectivity index (χ0) is 90.4. The Morgan fingerprint density at radius 1 is 0.295 bits per heavy atom. The first kappa shape index (κ1) is 98.0. The Kier molecular flexibility index (Phi) is 41.4. The standard InChI is InChI=1S/C22H21NO5.C20H16O5.C19H16O3.C19H16O2.C18H14O2.2CO2/c1-14(24)20(25)11-16-7-5-15(6-8-16)9-10-17-12-18(22(27)28-4)21(26)13-19(17)23(2)3;1-13(21)19(23)12-16-7-4-14(5-8-16)3-6-15-9-10-18(22)17(11-15)20(24)25-2;1-13-3-4-16(11-18(13)21)8-5-15-6-9-17(10-7-15)12-19(22)14(2)20;1-14-3-5-16(6-4-14)7-8-17-9-11-18(12-10-17)13-19(21)15(2)20;1-14(19)18(20)13-17-11-9-16(10-12-17)8-7-15-5-3-2-4-6-15;2*2-1-3/h5-8,12-13,26H,11H2,1-4H3;4-5,7-11,22H,12H2,1-2H3;3-4,6-7,9-11,21H,12H2,1-2H3;3-6,9-12H,13H2,1-2H3;2-6,9-12H,13H2,1H3;;. The molecular formula is C100H83NO21. The molecule has 10 aromatic carbocycles. The number of carbonyl (C=O) groups excluding carboxylic acids is 16. The Morgan fingerprint density at radius 2 is 0.549 bits per heavy atom. The number of carbonyl (C=O) groups is 12. The molecule has 0 radical (unpaired) electrons. The van der Waals surface area contributed by atoms with Crippen LogP contribution in [0.1, 0.15) is 150 Å². The van der Waals surface area contributed by atoms with E-state index < -0.39 is 58.2 Å². The molecule has 0 aliphatic carbocycles. The van der Waals surface area contributed by atoms with Gasteiger partial charge in [-0.05, 0) is 169 Å². The molecule has 614 valence electrons. The van der Waals surface area contributed by atoms with Gasteiger partial charge in [0.15, 0.2) is 28.9 Å².